The fourth-order valence-electron chi connectivity index (χ4n) is 2.08. The van der Waals surface area contributed by atoms with Gasteiger partial charge < -0.3 is 9.30 Å². The van der Waals surface area contributed by atoms with E-state index in [0.29, 0.717) is 12.5 Å². The Kier molecular flexibility index (Phi) is 3.96. The summed E-state index contributed by atoms with van der Waals surface area (Å²) in [5.41, 5.74) is 2.36. The third-order valence-corrected chi connectivity index (χ3v) is 3.23. The highest BCUT2D eigenvalue weighted by Crippen LogP contribution is 2.10. The van der Waals surface area contributed by atoms with E-state index in [0.717, 1.165) is 17.9 Å². The molecule has 0 fully saturated rings. The number of hydrogen-bond donors (Lipinski definition) is 0. The molecular weight excluding hydrogens is 262 g/mol. The Bertz CT molecular complexity index is 690. The molecule has 0 amide bonds. The summed E-state index contributed by atoms with van der Waals surface area (Å²) in [6, 6.07) is 14.2. The van der Waals surface area contributed by atoms with Crippen LogP contribution in [0.3, 0.4) is 0 Å². The van der Waals surface area contributed by atoms with E-state index in [1.807, 2.05) is 43.5 Å². The Morgan fingerprint density at radius 1 is 1.05 bits per heavy atom. The molecule has 3 rings (SSSR count). The van der Waals surface area contributed by atoms with Crippen molar-refractivity contribution in [2.24, 2.45) is 0 Å². The van der Waals surface area contributed by atoms with Crippen molar-refractivity contribution in [3.05, 3.63) is 78.0 Å². The van der Waals surface area contributed by atoms with Crippen LogP contribution in [0.2, 0.25) is 0 Å². The molecule has 0 bridgehead atoms. The van der Waals surface area contributed by atoms with Crippen molar-refractivity contribution >= 4 is 0 Å². The Balaban J connectivity index is 1.66. The van der Waals surface area contributed by atoms with Gasteiger partial charge in [0.1, 0.15) is 12.4 Å². The molecule has 3 aromatic rings. The minimum atomic E-state index is 0.413. The average molecular weight is 279 g/mol. The fourth-order valence-corrected chi connectivity index (χ4v) is 2.08. The van der Waals surface area contributed by atoms with E-state index in [2.05, 4.69) is 26.7 Å². The van der Waals surface area contributed by atoms with Gasteiger partial charge in [0.15, 0.2) is 0 Å². The van der Waals surface area contributed by atoms with Crippen LogP contribution in [-0.2, 0) is 13.2 Å². The smallest absolute Gasteiger partial charge is 0.213 e. The number of benzene rings is 1. The third-order valence-electron chi connectivity index (χ3n) is 3.23. The predicted octanol–water partition coefficient (Wildman–Crippen LogP) is 3.21. The first-order valence-electron chi connectivity index (χ1n) is 6.90. The van der Waals surface area contributed by atoms with Crippen molar-refractivity contribution in [1.29, 1.82) is 0 Å². The van der Waals surface area contributed by atoms with Crippen molar-refractivity contribution in [2.75, 3.05) is 0 Å². The molecule has 0 unspecified atom stereocenters. The van der Waals surface area contributed by atoms with Crippen LogP contribution in [0.15, 0.2) is 61.1 Å². The van der Waals surface area contributed by atoms with E-state index >= 15 is 0 Å². The summed E-state index contributed by atoms with van der Waals surface area (Å²) in [6.07, 6.45) is 5.56. The highest BCUT2D eigenvalue weighted by Gasteiger charge is 2.05. The van der Waals surface area contributed by atoms with Crippen molar-refractivity contribution in [2.45, 2.75) is 20.1 Å². The highest BCUT2D eigenvalue weighted by molar-refractivity contribution is 5.17. The van der Waals surface area contributed by atoms with E-state index in [4.69, 9.17) is 4.74 Å². The number of rotatable bonds is 5. The molecule has 4 nitrogen and oxygen atoms in total. The summed E-state index contributed by atoms with van der Waals surface area (Å²) in [5.74, 6) is 1.51. The molecule has 106 valence electrons. The fraction of sp³-hybridized carbons (Fsp3) is 0.176. The molecule has 0 spiro atoms. The average Bonchev–Trinajstić information content (AvgIpc) is 2.95. The summed E-state index contributed by atoms with van der Waals surface area (Å²) in [4.78, 5) is 8.59. The molecule has 0 radical (unpaired) electrons. The Labute approximate surface area is 124 Å². The number of imidazole rings is 1. The largest absolute Gasteiger partial charge is 0.469 e. The maximum Gasteiger partial charge on any atom is 0.213 e. The number of aryl methyl sites for hydroxylation is 1. The molecule has 4 heteroatoms. The zero-order valence-corrected chi connectivity index (χ0v) is 11.9. The van der Waals surface area contributed by atoms with Gasteiger partial charge in [0.25, 0.3) is 0 Å². The summed E-state index contributed by atoms with van der Waals surface area (Å²) >= 11 is 0. The standard InChI is InChI=1S/C17H17N3O/c1-14-7-8-17(19-11-14)21-13-16-18-9-10-20(16)12-15-5-3-2-4-6-15/h2-11H,12-13H2,1H3. The second-order valence-corrected chi connectivity index (χ2v) is 4.92. The van der Waals surface area contributed by atoms with Gasteiger partial charge in [-0.2, -0.15) is 0 Å². The second-order valence-electron chi connectivity index (χ2n) is 4.92. The van der Waals surface area contributed by atoms with E-state index in [1.54, 1.807) is 12.4 Å². The van der Waals surface area contributed by atoms with Crippen molar-refractivity contribution in [3.8, 4) is 5.88 Å². The van der Waals surface area contributed by atoms with Gasteiger partial charge in [0, 0.05) is 31.2 Å². The molecule has 0 aliphatic carbocycles. The van der Waals surface area contributed by atoms with Gasteiger partial charge in [-0.25, -0.2) is 9.97 Å². The second kappa shape index (κ2) is 6.22. The van der Waals surface area contributed by atoms with E-state index < -0.39 is 0 Å². The number of pyridine rings is 1. The first kappa shape index (κ1) is 13.4. The van der Waals surface area contributed by atoms with Gasteiger partial charge >= 0.3 is 0 Å². The number of aromatic nitrogens is 3. The van der Waals surface area contributed by atoms with Crippen molar-refractivity contribution in [1.82, 2.24) is 14.5 Å². The van der Waals surface area contributed by atoms with Gasteiger partial charge in [-0.15, -0.1) is 0 Å². The number of hydrogen-bond acceptors (Lipinski definition) is 3. The zero-order valence-electron chi connectivity index (χ0n) is 11.9. The molecule has 0 saturated carbocycles. The first-order chi connectivity index (χ1) is 10.3. The lowest BCUT2D eigenvalue weighted by Crippen LogP contribution is -2.08. The monoisotopic (exact) mass is 279 g/mol. The Morgan fingerprint density at radius 2 is 1.90 bits per heavy atom. The molecule has 0 aliphatic heterocycles. The van der Waals surface area contributed by atoms with Crippen LogP contribution in [0.1, 0.15) is 17.0 Å². The molecular formula is C17H17N3O. The van der Waals surface area contributed by atoms with Crippen LogP contribution in [0, 0.1) is 6.92 Å². The lowest BCUT2D eigenvalue weighted by atomic mass is 10.2. The zero-order chi connectivity index (χ0) is 14.5. The van der Waals surface area contributed by atoms with Crippen LogP contribution in [0.4, 0.5) is 0 Å². The van der Waals surface area contributed by atoms with E-state index in [-0.39, 0.29) is 0 Å². The van der Waals surface area contributed by atoms with Crippen LogP contribution in [0.5, 0.6) is 5.88 Å². The molecule has 2 heterocycles. The summed E-state index contributed by atoms with van der Waals surface area (Å²) in [7, 11) is 0. The number of ether oxygens (including phenoxy) is 1. The van der Waals surface area contributed by atoms with Gasteiger partial charge in [-0.3, -0.25) is 0 Å². The topological polar surface area (TPSA) is 39.9 Å². The molecule has 1 aromatic carbocycles. The predicted molar refractivity (Wildman–Crippen MR) is 81.1 cm³/mol. The highest BCUT2D eigenvalue weighted by atomic mass is 16.5. The van der Waals surface area contributed by atoms with Gasteiger partial charge in [0.05, 0.1) is 0 Å². The van der Waals surface area contributed by atoms with Crippen molar-refractivity contribution in [3.63, 3.8) is 0 Å². The Morgan fingerprint density at radius 3 is 2.67 bits per heavy atom. The van der Waals surface area contributed by atoms with Gasteiger partial charge in [-0.05, 0) is 18.1 Å². The van der Waals surface area contributed by atoms with Gasteiger partial charge in [-0.1, -0.05) is 36.4 Å². The first-order valence-corrected chi connectivity index (χ1v) is 6.90. The van der Waals surface area contributed by atoms with Crippen LogP contribution >= 0.6 is 0 Å². The van der Waals surface area contributed by atoms with E-state index in [1.165, 1.54) is 5.56 Å². The van der Waals surface area contributed by atoms with Crippen LogP contribution < -0.4 is 4.74 Å². The summed E-state index contributed by atoms with van der Waals surface area (Å²) in [6.45, 7) is 3.21. The Hall–Kier alpha value is -2.62. The van der Waals surface area contributed by atoms with Crippen molar-refractivity contribution < 1.29 is 4.74 Å². The maximum atomic E-state index is 5.69. The number of nitrogens with zero attached hydrogens (tertiary/aromatic N) is 3. The lowest BCUT2D eigenvalue weighted by molar-refractivity contribution is 0.279. The summed E-state index contributed by atoms with van der Waals surface area (Å²) < 4.78 is 7.78. The molecule has 0 aliphatic rings. The SMILES string of the molecule is Cc1ccc(OCc2nccn2Cc2ccccc2)nc1. The van der Waals surface area contributed by atoms with Crippen LogP contribution in [0.25, 0.3) is 0 Å². The third kappa shape index (κ3) is 3.48. The van der Waals surface area contributed by atoms with E-state index in [9.17, 15) is 0 Å². The van der Waals surface area contributed by atoms with Gasteiger partial charge in [0.2, 0.25) is 5.88 Å². The molecule has 0 atom stereocenters. The summed E-state index contributed by atoms with van der Waals surface area (Å²) in [5, 5.41) is 0. The molecule has 2 aromatic heterocycles. The molecule has 0 N–H and O–H groups in total. The quantitative estimate of drug-likeness (QED) is 0.720. The normalized spacial score (nSPS) is 10.5. The lowest BCUT2D eigenvalue weighted by Gasteiger charge is -2.09. The van der Waals surface area contributed by atoms with Crippen LogP contribution in [-0.4, -0.2) is 14.5 Å². The minimum Gasteiger partial charge on any atom is -0.469 e. The minimum absolute atomic E-state index is 0.413. The molecule has 0 saturated heterocycles. The molecule has 21 heavy (non-hydrogen) atoms. The maximum absolute atomic E-state index is 5.69.